The molecule has 3 aromatic rings. The van der Waals surface area contributed by atoms with Gasteiger partial charge >= 0.3 is 0 Å². The Hall–Kier alpha value is -2.13. The number of hydrogen-bond acceptors (Lipinski definition) is 3. The number of rotatable bonds is 1. The van der Waals surface area contributed by atoms with Crippen molar-refractivity contribution in [2.75, 3.05) is 0 Å². The zero-order valence-corrected chi connectivity index (χ0v) is 11.7. The molecule has 0 spiro atoms. The van der Waals surface area contributed by atoms with Crippen molar-refractivity contribution in [2.24, 2.45) is 0 Å². The highest BCUT2D eigenvalue weighted by Gasteiger charge is 2.20. The Kier molecular flexibility index (Phi) is 2.60. The molecule has 20 heavy (non-hydrogen) atoms. The van der Waals surface area contributed by atoms with Gasteiger partial charge in [-0.1, -0.05) is 24.3 Å². The molecule has 98 valence electrons. The van der Waals surface area contributed by atoms with E-state index in [0.717, 1.165) is 29.1 Å². The highest BCUT2D eigenvalue weighted by atomic mass is 32.1. The summed E-state index contributed by atoms with van der Waals surface area (Å²) in [7, 11) is 0. The van der Waals surface area contributed by atoms with Crippen LogP contribution in [0.3, 0.4) is 0 Å². The van der Waals surface area contributed by atoms with Crippen LogP contribution in [0.4, 0.5) is 0 Å². The molecule has 1 aliphatic carbocycles. The fraction of sp³-hybridized carbons (Fsp3) is 0.118. The number of benzene rings is 2. The van der Waals surface area contributed by atoms with Crippen LogP contribution >= 0.6 is 11.3 Å². The van der Waals surface area contributed by atoms with E-state index >= 15 is 0 Å². The van der Waals surface area contributed by atoms with E-state index in [1.807, 2.05) is 12.1 Å². The van der Waals surface area contributed by atoms with Crippen molar-refractivity contribution in [1.82, 2.24) is 4.98 Å². The largest absolute Gasteiger partial charge is 0.508 e. The molecule has 1 aliphatic rings. The summed E-state index contributed by atoms with van der Waals surface area (Å²) in [6.45, 7) is 0. The molecule has 0 unspecified atom stereocenters. The van der Waals surface area contributed by atoms with Crippen LogP contribution in [-0.4, -0.2) is 10.1 Å². The van der Waals surface area contributed by atoms with Crippen molar-refractivity contribution in [3.63, 3.8) is 0 Å². The first kappa shape index (κ1) is 11.7. The standard InChI is InChI=1S/C17H13NOS/c19-13-8-5-12(6-9-13)17-18-16-14-4-2-1-3-11(14)7-10-15(16)20-17/h1-6,8-9,19H,7,10H2. The van der Waals surface area contributed by atoms with Gasteiger partial charge in [0.2, 0.25) is 0 Å². The molecule has 0 saturated heterocycles. The minimum Gasteiger partial charge on any atom is -0.508 e. The molecule has 0 fully saturated rings. The summed E-state index contributed by atoms with van der Waals surface area (Å²) < 4.78 is 0. The Labute approximate surface area is 121 Å². The normalized spacial score (nSPS) is 12.8. The summed E-state index contributed by atoms with van der Waals surface area (Å²) in [6, 6.07) is 15.8. The van der Waals surface area contributed by atoms with E-state index < -0.39 is 0 Å². The maximum atomic E-state index is 9.38. The van der Waals surface area contributed by atoms with Gasteiger partial charge < -0.3 is 5.11 Å². The molecule has 0 bridgehead atoms. The molecule has 0 atom stereocenters. The average Bonchev–Trinajstić information content (AvgIpc) is 2.92. The fourth-order valence-electron chi connectivity index (χ4n) is 2.68. The van der Waals surface area contributed by atoms with Crippen LogP contribution in [0.25, 0.3) is 21.8 Å². The molecule has 0 radical (unpaired) electrons. The van der Waals surface area contributed by atoms with Crippen molar-refractivity contribution >= 4 is 11.3 Å². The minimum absolute atomic E-state index is 0.292. The Morgan fingerprint density at radius 1 is 0.950 bits per heavy atom. The number of hydrogen-bond donors (Lipinski definition) is 1. The van der Waals surface area contributed by atoms with E-state index in [1.165, 1.54) is 16.0 Å². The van der Waals surface area contributed by atoms with Crippen LogP contribution < -0.4 is 0 Å². The van der Waals surface area contributed by atoms with E-state index in [0.29, 0.717) is 5.75 Å². The van der Waals surface area contributed by atoms with Crippen LogP contribution in [0, 0.1) is 0 Å². The van der Waals surface area contributed by atoms with E-state index in [2.05, 4.69) is 24.3 Å². The van der Waals surface area contributed by atoms with Crippen molar-refractivity contribution in [3.05, 3.63) is 59.0 Å². The molecular weight excluding hydrogens is 266 g/mol. The van der Waals surface area contributed by atoms with Crippen LogP contribution in [0.2, 0.25) is 0 Å². The fourth-order valence-corrected chi connectivity index (χ4v) is 3.76. The summed E-state index contributed by atoms with van der Waals surface area (Å²) in [5.74, 6) is 0.292. The third kappa shape index (κ3) is 1.82. The number of aromatic hydroxyl groups is 1. The molecule has 4 rings (SSSR count). The van der Waals surface area contributed by atoms with Crippen molar-refractivity contribution in [1.29, 1.82) is 0 Å². The van der Waals surface area contributed by atoms with Gasteiger partial charge in [-0.15, -0.1) is 11.3 Å². The lowest BCUT2D eigenvalue weighted by atomic mass is 9.94. The molecule has 1 heterocycles. The number of thiazole rings is 1. The van der Waals surface area contributed by atoms with Gasteiger partial charge in [0.15, 0.2) is 0 Å². The van der Waals surface area contributed by atoms with Crippen molar-refractivity contribution < 1.29 is 5.11 Å². The second-order valence-electron chi connectivity index (χ2n) is 4.99. The highest BCUT2D eigenvalue weighted by Crippen LogP contribution is 2.39. The van der Waals surface area contributed by atoms with E-state index in [-0.39, 0.29) is 0 Å². The first-order valence-corrected chi connectivity index (χ1v) is 7.50. The Morgan fingerprint density at radius 2 is 1.75 bits per heavy atom. The number of phenolic OH excluding ortho intramolecular Hbond substituents is 1. The number of aryl methyl sites for hydroxylation is 2. The predicted molar refractivity (Wildman–Crippen MR) is 82.1 cm³/mol. The van der Waals surface area contributed by atoms with Crippen LogP contribution in [-0.2, 0) is 12.8 Å². The van der Waals surface area contributed by atoms with Gasteiger partial charge in [-0.25, -0.2) is 4.98 Å². The number of fused-ring (bicyclic) bond motifs is 3. The van der Waals surface area contributed by atoms with Gasteiger partial charge in [0, 0.05) is 16.0 Å². The molecule has 1 N–H and O–H groups in total. The smallest absolute Gasteiger partial charge is 0.124 e. The first-order valence-electron chi connectivity index (χ1n) is 6.68. The Balaban J connectivity index is 1.84. The lowest BCUT2D eigenvalue weighted by Crippen LogP contribution is -2.01. The maximum Gasteiger partial charge on any atom is 0.124 e. The van der Waals surface area contributed by atoms with E-state index in [9.17, 15) is 5.11 Å². The Bertz CT molecular complexity index is 774. The van der Waals surface area contributed by atoms with E-state index in [4.69, 9.17) is 4.98 Å². The molecule has 0 amide bonds. The number of phenols is 1. The third-order valence-electron chi connectivity index (χ3n) is 3.71. The van der Waals surface area contributed by atoms with Gasteiger partial charge in [0.1, 0.15) is 10.8 Å². The van der Waals surface area contributed by atoms with Crippen LogP contribution in [0.1, 0.15) is 10.4 Å². The quantitative estimate of drug-likeness (QED) is 0.721. The predicted octanol–water partition coefficient (Wildman–Crippen LogP) is 4.28. The number of aromatic nitrogens is 1. The maximum absolute atomic E-state index is 9.38. The van der Waals surface area contributed by atoms with Gasteiger partial charge in [0.25, 0.3) is 0 Å². The van der Waals surface area contributed by atoms with Gasteiger partial charge in [-0.3, -0.25) is 0 Å². The average molecular weight is 279 g/mol. The topological polar surface area (TPSA) is 33.1 Å². The molecule has 3 heteroatoms. The molecule has 1 aromatic heterocycles. The molecule has 2 nitrogen and oxygen atoms in total. The zero-order valence-electron chi connectivity index (χ0n) is 10.8. The highest BCUT2D eigenvalue weighted by molar-refractivity contribution is 7.15. The molecule has 2 aromatic carbocycles. The number of nitrogens with zero attached hydrogens (tertiary/aromatic N) is 1. The second kappa shape index (κ2) is 4.46. The SMILES string of the molecule is Oc1ccc(-c2nc3c(s2)CCc2ccccc2-3)cc1. The molecule has 0 aliphatic heterocycles. The Morgan fingerprint density at radius 3 is 2.60 bits per heavy atom. The lowest BCUT2D eigenvalue weighted by Gasteiger charge is -2.13. The zero-order chi connectivity index (χ0) is 13.5. The second-order valence-corrected chi connectivity index (χ2v) is 6.08. The van der Waals surface area contributed by atoms with Crippen LogP contribution in [0.15, 0.2) is 48.5 Å². The van der Waals surface area contributed by atoms with Gasteiger partial charge in [-0.2, -0.15) is 0 Å². The first-order chi connectivity index (χ1) is 9.81. The molecular formula is C17H13NOS. The summed E-state index contributed by atoms with van der Waals surface area (Å²) >= 11 is 1.77. The van der Waals surface area contributed by atoms with Crippen molar-refractivity contribution in [2.45, 2.75) is 12.8 Å². The summed E-state index contributed by atoms with van der Waals surface area (Å²) in [5, 5.41) is 10.4. The summed E-state index contributed by atoms with van der Waals surface area (Å²) in [5.41, 5.74) is 4.87. The van der Waals surface area contributed by atoms with Crippen LogP contribution in [0.5, 0.6) is 5.75 Å². The van der Waals surface area contributed by atoms with E-state index in [1.54, 1.807) is 23.5 Å². The third-order valence-corrected chi connectivity index (χ3v) is 4.87. The monoisotopic (exact) mass is 279 g/mol. The van der Waals surface area contributed by atoms with Gasteiger partial charge in [0.05, 0.1) is 5.69 Å². The van der Waals surface area contributed by atoms with Gasteiger partial charge in [-0.05, 0) is 42.7 Å². The van der Waals surface area contributed by atoms with Crippen molar-refractivity contribution in [3.8, 4) is 27.6 Å². The minimum atomic E-state index is 0.292. The summed E-state index contributed by atoms with van der Waals surface area (Å²) in [6.07, 6.45) is 2.17. The summed E-state index contributed by atoms with van der Waals surface area (Å²) in [4.78, 5) is 6.20. The molecule has 0 saturated carbocycles. The lowest BCUT2D eigenvalue weighted by molar-refractivity contribution is 0.475.